The Morgan fingerprint density at radius 1 is 0.700 bits per heavy atom. The van der Waals surface area contributed by atoms with Gasteiger partial charge in [0.1, 0.15) is 0 Å². The van der Waals surface area contributed by atoms with Crippen LogP contribution in [0.3, 0.4) is 0 Å². The number of hydrogen-bond donors (Lipinski definition) is 4. The monoisotopic (exact) mass is 544 g/mol. The number of hydrogen-bond acceptors (Lipinski definition) is 8. The van der Waals surface area contributed by atoms with E-state index >= 15 is 0 Å². The highest BCUT2D eigenvalue weighted by Crippen LogP contribution is 2.13. The highest BCUT2D eigenvalue weighted by Gasteiger charge is 2.09. The SMILES string of the molecule is C.CC.CC.Nc1n[nH]c2cc(=O)n(-c3ccccc3)nc12.Nc1n[nH]c2cc(=O)n(Cc3ccccc3)nc12. The van der Waals surface area contributed by atoms with Crippen LogP contribution in [-0.4, -0.2) is 40.0 Å². The Morgan fingerprint density at radius 2 is 1.18 bits per heavy atom. The molecule has 12 nitrogen and oxygen atoms in total. The number of nitrogens with two attached hydrogens (primary N) is 2. The van der Waals surface area contributed by atoms with E-state index in [2.05, 4.69) is 30.6 Å². The molecule has 210 valence electrons. The van der Waals surface area contributed by atoms with Crippen molar-refractivity contribution in [3.05, 3.63) is 99.1 Å². The number of nitrogen functional groups attached to an aromatic ring is 2. The number of nitrogens with zero attached hydrogens (tertiary/aromatic N) is 6. The van der Waals surface area contributed by atoms with Crippen LogP contribution < -0.4 is 22.6 Å². The molecule has 0 radical (unpaired) electrons. The smallest absolute Gasteiger partial charge is 0.273 e. The van der Waals surface area contributed by atoms with Crippen LogP contribution in [0.4, 0.5) is 11.6 Å². The molecule has 0 unspecified atom stereocenters. The van der Waals surface area contributed by atoms with E-state index in [0.29, 0.717) is 40.1 Å². The minimum atomic E-state index is -0.229. The molecule has 0 amide bonds. The lowest BCUT2D eigenvalue weighted by molar-refractivity contribution is 0.654. The number of nitrogens with one attached hydrogen (secondary N) is 2. The van der Waals surface area contributed by atoms with Crippen LogP contribution >= 0.6 is 0 Å². The van der Waals surface area contributed by atoms with Crippen LogP contribution in [0.2, 0.25) is 0 Å². The molecule has 12 heteroatoms. The maximum absolute atomic E-state index is 11.9. The van der Waals surface area contributed by atoms with E-state index in [4.69, 9.17) is 11.5 Å². The molecule has 6 rings (SSSR count). The molecule has 0 bridgehead atoms. The average Bonchev–Trinajstić information content (AvgIpc) is 3.53. The van der Waals surface area contributed by atoms with Gasteiger partial charge in [0.25, 0.3) is 11.1 Å². The predicted octanol–water partition coefficient (Wildman–Crippen LogP) is 4.13. The summed E-state index contributed by atoms with van der Waals surface area (Å²) in [5.41, 5.74) is 14.7. The van der Waals surface area contributed by atoms with Gasteiger partial charge in [-0.3, -0.25) is 19.8 Å². The first-order valence-electron chi connectivity index (χ1n) is 12.5. The summed E-state index contributed by atoms with van der Waals surface area (Å²) < 4.78 is 2.68. The molecule has 0 aliphatic carbocycles. The van der Waals surface area contributed by atoms with Gasteiger partial charge in [-0.1, -0.05) is 83.7 Å². The van der Waals surface area contributed by atoms with Crippen molar-refractivity contribution < 1.29 is 0 Å². The molecular formula is C28H36N10O2. The standard InChI is InChI=1S/C12H11N5O.C11H9N5O.2C2H6.CH4/c13-12-11-9(14-15-12)6-10(18)17(16-11)7-8-4-2-1-3-5-8;12-11-10-8(13-14-11)6-9(17)16(15-10)7-4-2-1-3-5-7;2*1-2;/h1-6,14H,7H2,(H2,13,15);1-6,13H,(H2,12,14);2*1-2H3;1H4. The van der Waals surface area contributed by atoms with Crippen LogP contribution in [-0.2, 0) is 6.54 Å². The molecule has 0 aliphatic heterocycles. The van der Waals surface area contributed by atoms with E-state index in [-0.39, 0.29) is 24.4 Å². The molecule has 6 aromatic rings. The number of aromatic nitrogens is 8. The second-order valence-electron chi connectivity index (χ2n) is 7.60. The van der Waals surface area contributed by atoms with Crippen LogP contribution in [0.1, 0.15) is 40.7 Å². The van der Waals surface area contributed by atoms with E-state index in [1.807, 2.05) is 76.2 Å². The molecule has 4 aromatic heterocycles. The van der Waals surface area contributed by atoms with Gasteiger partial charge in [-0.25, -0.2) is 4.68 Å². The maximum atomic E-state index is 11.9. The summed E-state index contributed by atoms with van der Waals surface area (Å²) in [5.74, 6) is 0.580. The second kappa shape index (κ2) is 14.6. The molecule has 0 atom stereocenters. The number of para-hydroxylation sites is 1. The maximum Gasteiger partial charge on any atom is 0.273 e. The minimum Gasteiger partial charge on any atom is -0.380 e. The Hall–Kier alpha value is -5.26. The molecule has 4 heterocycles. The van der Waals surface area contributed by atoms with Crippen LogP contribution in [0.15, 0.2) is 82.4 Å². The van der Waals surface area contributed by atoms with Gasteiger partial charge in [0, 0.05) is 12.1 Å². The van der Waals surface area contributed by atoms with Gasteiger partial charge in [0.15, 0.2) is 22.7 Å². The molecule has 6 N–H and O–H groups in total. The number of fused-ring (bicyclic) bond motifs is 2. The summed E-state index contributed by atoms with van der Waals surface area (Å²) in [6.45, 7) is 8.42. The number of benzene rings is 2. The zero-order valence-corrected chi connectivity index (χ0v) is 22.3. The Labute approximate surface area is 231 Å². The highest BCUT2D eigenvalue weighted by atomic mass is 16.1. The summed E-state index contributed by atoms with van der Waals surface area (Å²) in [6, 6.07) is 21.7. The fourth-order valence-corrected chi connectivity index (χ4v) is 3.47. The van der Waals surface area contributed by atoms with Gasteiger partial charge in [0.2, 0.25) is 0 Å². The Kier molecular flexibility index (Phi) is 11.3. The zero-order valence-electron chi connectivity index (χ0n) is 22.3. The first-order chi connectivity index (χ1) is 19.0. The second-order valence-corrected chi connectivity index (χ2v) is 7.60. The summed E-state index contributed by atoms with van der Waals surface area (Å²) in [5, 5.41) is 21.4. The van der Waals surface area contributed by atoms with Crippen LogP contribution in [0, 0.1) is 0 Å². The highest BCUT2D eigenvalue weighted by molar-refractivity contribution is 5.84. The lowest BCUT2D eigenvalue weighted by atomic mass is 10.2. The molecule has 2 aromatic carbocycles. The molecule has 0 saturated heterocycles. The van der Waals surface area contributed by atoms with Gasteiger partial charge in [-0.2, -0.15) is 25.1 Å². The van der Waals surface area contributed by atoms with E-state index in [9.17, 15) is 9.59 Å². The molecule has 0 saturated carbocycles. The molecule has 0 aliphatic rings. The summed E-state index contributed by atoms with van der Waals surface area (Å²) in [6.07, 6.45) is 0. The fourth-order valence-electron chi connectivity index (χ4n) is 3.47. The van der Waals surface area contributed by atoms with Crippen molar-refractivity contribution in [3.8, 4) is 5.69 Å². The molecule has 40 heavy (non-hydrogen) atoms. The van der Waals surface area contributed by atoms with Gasteiger partial charge in [-0.05, 0) is 17.7 Å². The fraction of sp³-hybridized carbons (Fsp3) is 0.214. The zero-order chi connectivity index (χ0) is 28.4. The number of anilines is 2. The van der Waals surface area contributed by atoms with Crippen molar-refractivity contribution in [3.63, 3.8) is 0 Å². The van der Waals surface area contributed by atoms with Crippen molar-refractivity contribution >= 4 is 33.7 Å². The van der Waals surface area contributed by atoms with Crippen molar-refractivity contribution in [2.75, 3.05) is 11.5 Å². The Balaban J connectivity index is 0.000000244. The number of aromatic amines is 2. The largest absolute Gasteiger partial charge is 0.380 e. The molecular weight excluding hydrogens is 508 g/mol. The predicted molar refractivity (Wildman–Crippen MR) is 161 cm³/mol. The number of H-pyrrole nitrogens is 2. The number of rotatable bonds is 3. The minimum absolute atomic E-state index is 0. The normalized spacial score (nSPS) is 9.80. The summed E-state index contributed by atoms with van der Waals surface area (Å²) in [4.78, 5) is 23.7. The molecule has 0 spiro atoms. The van der Waals surface area contributed by atoms with Crippen molar-refractivity contribution in [1.82, 2.24) is 40.0 Å². The van der Waals surface area contributed by atoms with E-state index in [1.54, 1.807) is 12.1 Å². The van der Waals surface area contributed by atoms with Gasteiger partial charge >= 0.3 is 0 Å². The van der Waals surface area contributed by atoms with E-state index < -0.39 is 0 Å². The van der Waals surface area contributed by atoms with Crippen molar-refractivity contribution in [2.45, 2.75) is 41.7 Å². The van der Waals surface area contributed by atoms with Gasteiger partial charge < -0.3 is 11.5 Å². The first kappa shape index (κ1) is 31.0. The van der Waals surface area contributed by atoms with Crippen molar-refractivity contribution in [2.24, 2.45) is 0 Å². The third-order valence-electron chi connectivity index (χ3n) is 5.18. The topological polar surface area (TPSA) is 179 Å². The summed E-state index contributed by atoms with van der Waals surface area (Å²) >= 11 is 0. The average molecular weight is 545 g/mol. The van der Waals surface area contributed by atoms with Gasteiger partial charge in [-0.15, -0.1) is 0 Å². The lowest BCUT2D eigenvalue weighted by Crippen LogP contribution is -2.22. The lowest BCUT2D eigenvalue weighted by Gasteiger charge is -2.04. The Bertz CT molecular complexity index is 1740. The summed E-state index contributed by atoms with van der Waals surface area (Å²) in [7, 11) is 0. The third-order valence-corrected chi connectivity index (χ3v) is 5.18. The van der Waals surface area contributed by atoms with Crippen molar-refractivity contribution in [1.29, 1.82) is 0 Å². The Morgan fingerprint density at radius 3 is 1.73 bits per heavy atom. The van der Waals surface area contributed by atoms with Crippen LogP contribution in [0.25, 0.3) is 27.8 Å². The molecule has 0 fully saturated rings. The van der Waals surface area contributed by atoms with E-state index in [0.717, 1.165) is 5.56 Å². The van der Waals surface area contributed by atoms with E-state index in [1.165, 1.54) is 21.5 Å². The quantitative estimate of drug-likeness (QED) is 0.257. The third kappa shape index (κ3) is 6.98. The van der Waals surface area contributed by atoms with Gasteiger partial charge in [0.05, 0.1) is 23.3 Å². The van der Waals surface area contributed by atoms with Crippen LogP contribution in [0.5, 0.6) is 0 Å². The first-order valence-corrected chi connectivity index (χ1v) is 12.5.